The zero-order valence-corrected chi connectivity index (χ0v) is 13.5. The first-order chi connectivity index (χ1) is 10.1. The van der Waals surface area contributed by atoms with Crippen LogP contribution in [0.3, 0.4) is 0 Å². The van der Waals surface area contributed by atoms with E-state index < -0.39 is 0 Å². The van der Waals surface area contributed by atoms with E-state index in [2.05, 4.69) is 20.9 Å². The minimum atomic E-state index is -0.0363. The molecule has 3 rings (SSSR count). The van der Waals surface area contributed by atoms with E-state index in [0.29, 0.717) is 11.2 Å². The number of benzene rings is 2. The van der Waals surface area contributed by atoms with Crippen LogP contribution in [-0.4, -0.2) is 9.55 Å². The SMILES string of the molecule is Cc1ccc(-n2c(C(C)Br)nc3ccccc3c2=O)cc1. The van der Waals surface area contributed by atoms with Gasteiger partial charge in [0, 0.05) is 0 Å². The summed E-state index contributed by atoms with van der Waals surface area (Å²) in [5, 5.41) is 0.634. The molecule has 0 fully saturated rings. The third-order valence-electron chi connectivity index (χ3n) is 3.45. The molecule has 0 bridgehead atoms. The molecule has 3 nitrogen and oxygen atoms in total. The third-order valence-corrected chi connectivity index (χ3v) is 3.86. The first-order valence-corrected chi connectivity index (χ1v) is 7.72. The number of aromatic nitrogens is 2. The monoisotopic (exact) mass is 342 g/mol. The van der Waals surface area contributed by atoms with Crippen LogP contribution in [0.4, 0.5) is 0 Å². The summed E-state index contributed by atoms with van der Waals surface area (Å²) in [5.41, 5.74) is 2.69. The number of hydrogen-bond acceptors (Lipinski definition) is 2. The molecule has 0 amide bonds. The summed E-state index contributed by atoms with van der Waals surface area (Å²) in [4.78, 5) is 17.5. The predicted molar refractivity (Wildman–Crippen MR) is 89.4 cm³/mol. The van der Waals surface area contributed by atoms with Crippen LogP contribution in [0, 0.1) is 6.92 Å². The van der Waals surface area contributed by atoms with Gasteiger partial charge in [-0.3, -0.25) is 9.36 Å². The van der Waals surface area contributed by atoms with Gasteiger partial charge in [-0.15, -0.1) is 0 Å². The number of halogens is 1. The zero-order valence-electron chi connectivity index (χ0n) is 11.9. The molecular weight excluding hydrogens is 328 g/mol. The van der Waals surface area contributed by atoms with Crippen molar-refractivity contribution in [3.05, 3.63) is 70.3 Å². The number of aryl methyl sites for hydroxylation is 1. The highest BCUT2D eigenvalue weighted by Crippen LogP contribution is 2.23. The fourth-order valence-electron chi connectivity index (χ4n) is 2.36. The van der Waals surface area contributed by atoms with Gasteiger partial charge < -0.3 is 0 Å². The van der Waals surface area contributed by atoms with Crippen molar-refractivity contribution in [2.24, 2.45) is 0 Å². The molecular formula is C17H15BrN2O. The molecule has 1 atom stereocenters. The second-order valence-electron chi connectivity index (χ2n) is 5.08. The van der Waals surface area contributed by atoms with E-state index in [-0.39, 0.29) is 10.4 Å². The normalized spacial score (nSPS) is 12.5. The molecule has 1 heterocycles. The van der Waals surface area contributed by atoms with Crippen molar-refractivity contribution in [2.45, 2.75) is 18.7 Å². The van der Waals surface area contributed by atoms with E-state index in [9.17, 15) is 4.79 Å². The van der Waals surface area contributed by atoms with E-state index in [0.717, 1.165) is 16.8 Å². The molecule has 3 aromatic rings. The lowest BCUT2D eigenvalue weighted by molar-refractivity contribution is 0.828. The van der Waals surface area contributed by atoms with E-state index >= 15 is 0 Å². The van der Waals surface area contributed by atoms with Gasteiger partial charge in [-0.2, -0.15) is 0 Å². The maximum absolute atomic E-state index is 12.8. The highest BCUT2D eigenvalue weighted by molar-refractivity contribution is 9.09. The molecule has 0 aliphatic heterocycles. The molecule has 106 valence electrons. The second kappa shape index (κ2) is 5.45. The van der Waals surface area contributed by atoms with Gasteiger partial charge >= 0.3 is 0 Å². The minimum Gasteiger partial charge on any atom is -0.268 e. The van der Waals surface area contributed by atoms with Gasteiger partial charge in [0.05, 0.1) is 21.4 Å². The molecule has 0 aliphatic carbocycles. The van der Waals surface area contributed by atoms with Crippen LogP contribution in [0.25, 0.3) is 16.6 Å². The van der Waals surface area contributed by atoms with Crippen LogP contribution in [0.5, 0.6) is 0 Å². The quantitative estimate of drug-likeness (QED) is 0.655. The van der Waals surface area contributed by atoms with Crippen LogP contribution < -0.4 is 5.56 Å². The standard InChI is InChI=1S/C17H15BrN2O/c1-11-7-9-13(10-8-11)20-16(12(2)18)19-15-6-4-3-5-14(15)17(20)21/h3-10,12H,1-2H3. The molecule has 2 aromatic carbocycles. The first kappa shape index (κ1) is 14.0. The van der Waals surface area contributed by atoms with Crippen LogP contribution in [0.15, 0.2) is 53.3 Å². The van der Waals surface area contributed by atoms with Gasteiger partial charge in [-0.05, 0) is 38.1 Å². The van der Waals surface area contributed by atoms with Crippen molar-refractivity contribution in [1.82, 2.24) is 9.55 Å². The Morgan fingerprint density at radius 2 is 1.76 bits per heavy atom. The Labute approximate surface area is 131 Å². The van der Waals surface area contributed by atoms with Crippen LogP contribution >= 0.6 is 15.9 Å². The Bertz CT molecular complexity index is 851. The minimum absolute atomic E-state index is 0.0175. The summed E-state index contributed by atoms with van der Waals surface area (Å²) in [6.45, 7) is 4.00. The molecule has 0 saturated heterocycles. The molecule has 1 unspecified atom stereocenters. The number of alkyl halides is 1. The summed E-state index contributed by atoms with van der Waals surface area (Å²) < 4.78 is 1.68. The molecule has 0 spiro atoms. The summed E-state index contributed by atoms with van der Waals surface area (Å²) in [5.74, 6) is 0.711. The Balaban J connectivity index is 2.39. The first-order valence-electron chi connectivity index (χ1n) is 6.81. The van der Waals surface area contributed by atoms with Crippen molar-refractivity contribution in [1.29, 1.82) is 0 Å². The largest absolute Gasteiger partial charge is 0.268 e. The van der Waals surface area contributed by atoms with Gasteiger partial charge in [-0.25, -0.2) is 4.98 Å². The Kier molecular flexibility index (Phi) is 3.64. The predicted octanol–water partition coefficient (Wildman–Crippen LogP) is 4.15. The average molecular weight is 343 g/mol. The van der Waals surface area contributed by atoms with Crippen molar-refractivity contribution in [2.75, 3.05) is 0 Å². The van der Waals surface area contributed by atoms with E-state index in [4.69, 9.17) is 0 Å². The number of para-hydroxylation sites is 1. The fourth-order valence-corrected chi connectivity index (χ4v) is 2.67. The maximum atomic E-state index is 12.8. The van der Waals surface area contributed by atoms with Gasteiger partial charge in [0.1, 0.15) is 5.82 Å². The smallest absolute Gasteiger partial charge is 0.265 e. The van der Waals surface area contributed by atoms with Gasteiger partial charge in [-0.1, -0.05) is 45.8 Å². The molecule has 1 aromatic heterocycles. The van der Waals surface area contributed by atoms with Gasteiger partial charge in [0.25, 0.3) is 5.56 Å². The number of hydrogen-bond donors (Lipinski definition) is 0. The Morgan fingerprint density at radius 1 is 1.10 bits per heavy atom. The average Bonchev–Trinajstić information content (AvgIpc) is 2.48. The van der Waals surface area contributed by atoms with Crippen molar-refractivity contribution >= 4 is 26.8 Å². The summed E-state index contributed by atoms with van der Waals surface area (Å²) in [7, 11) is 0. The molecule has 0 N–H and O–H groups in total. The van der Waals surface area contributed by atoms with Crippen molar-refractivity contribution in [3.63, 3.8) is 0 Å². The lowest BCUT2D eigenvalue weighted by Crippen LogP contribution is -2.24. The third kappa shape index (κ3) is 2.51. The summed E-state index contributed by atoms with van der Waals surface area (Å²) >= 11 is 3.54. The van der Waals surface area contributed by atoms with Crippen molar-refractivity contribution in [3.8, 4) is 5.69 Å². The van der Waals surface area contributed by atoms with Crippen LogP contribution in [0.2, 0.25) is 0 Å². The van der Waals surface area contributed by atoms with E-state index in [1.165, 1.54) is 0 Å². The zero-order chi connectivity index (χ0) is 15.0. The summed E-state index contributed by atoms with van der Waals surface area (Å²) in [6, 6.07) is 15.3. The number of fused-ring (bicyclic) bond motifs is 1. The molecule has 21 heavy (non-hydrogen) atoms. The topological polar surface area (TPSA) is 34.9 Å². The highest BCUT2D eigenvalue weighted by Gasteiger charge is 2.15. The second-order valence-corrected chi connectivity index (χ2v) is 6.45. The number of nitrogens with zero attached hydrogens (tertiary/aromatic N) is 2. The maximum Gasteiger partial charge on any atom is 0.265 e. The molecule has 0 aliphatic rings. The Morgan fingerprint density at radius 3 is 2.43 bits per heavy atom. The van der Waals surface area contributed by atoms with Crippen LogP contribution in [-0.2, 0) is 0 Å². The Hall–Kier alpha value is -1.94. The molecule has 0 saturated carbocycles. The summed E-state index contributed by atoms with van der Waals surface area (Å²) in [6.07, 6.45) is 0. The molecule has 4 heteroatoms. The van der Waals surface area contributed by atoms with Crippen molar-refractivity contribution < 1.29 is 0 Å². The van der Waals surface area contributed by atoms with Crippen LogP contribution in [0.1, 0.15) is 23.1 Å². The molecule has 0 radical (unpaired) electrons. The van der Waals surface area contributed by atoms with E-state index in [1.807, 2.05) is 62.4 Å². The van der Waals surface area contributed by atoms with Gasteiger partial charge in [0.2, 0.25) is 0 Å². The van der Waals surface area contributed by atoms with Gasteiger partial charge in [0.15, 0.2) is 0 Å². The highest BCUT2D eigenvalue weighted by atomic mass is 79.9. The number of rotatable bonds is 2. The van der Waals surface area contributed by atoms with E-state index in [1.54, 1.807) is 4.57 Å². The lowest BCUT2D eigenvalue weighted by Gasteiger charge is -2.15. The lowest BCUT2D eigenvalue weighted by atomic mass is 10.2. The fraction of sp³-hybridized carbons (Fsp3) is 0.176.